The number of nitrogens with zero attached hydrogens (tertiary/aromatic N) is 4. The first-order valence-corrected chi connectivity index (χ1v) is 9.92. The average molecular weight is 383 g/mol. The average Bonchev–Trinajstić information content (AvgIpc) is 3.10. The monoisotopic (exact) mass is 382 g/mol. The fourth-order valence-corrected chi connectivity index (χ4v) is 3.79. The highest BCUT2D eigenvalue weighted by atomic mass is 35.5. The number of pyridine rings is 2. The number of aryl methyl sites for hydroxylation is 1. The summed E-state index contributed by atoms with van der Waals surface area (Å²) in [5.74, 6) is 0.787. The van der Waals surface area contributed by atoms with Crippen LogP contribution in [0.25, 0.3) is 16.9 Å². The van der Waals surface area contributed by atoms with Crippen LogP contribution in [-0.2, 0) is 13.0 Å². The third-order valence-corrected chi connectivity index (χ3v) is 5.49. The van der Waals surface area contributed by atoms with Crippen molar-refractivity contribution >= 4 is 11.6 Å². The van der Waals surface area contributed by atoms with Crippen LogP contribution in [0.1, 0.15) is 38.2 Å². The highest BCUT2D eigenvalue weighted by molar-refractivity contribution is 6.33. The first-order chi connectivity index (χ1) is 13.1. The summed E-state index contributed by atoms with van der Waals surface area (Å²) in [6.45, 7) is 2.74. The van der Waals surface area contributed by atoms with E-state index < -0.39 is 0 Å². The van der Waals surface area contributed by atoms with Gasteiger partial charge in [-0.15, -0.1) is 0 Å². The fraction of sp³-hybridized carbons (Fsp3) is 0.381. The van der Waals surface area contributed by atoms with Gasteiger partial charge in [0.1, 0.15) is 0 Å². The molecule has 0 saturated heterocycles. The molecule has 1 fully saturated rings. The number of aromatic nitrogens is 4. The van der Waals surface area contributed by atoms with Crippen molar-refractivity contribution in [2.45, 2.75) is 45.6 Å². The molecule has 0 unspecified atom stereocenters. The minimum absolute atomic E-state index is 0.000239. The van der Waals surface area contributed by atoms with Crippen molar-refractivity contribution in [3.05, 3.63) is 63.9 Å². The summed E-state index contributed by atoms with van der Waals surface area (Å²) < 4.78 is 3.46. The van der Waals surface area contributed by atoms with Gasteiger partial charge in [-0.3, -0.25) is 9.78 Å². The molecule has 3 aromatic heterocycles. The van der Waals surface area contributed by atoms with E-state index >= 15 is 0 Å². The minimum Gasteiger partial charge on any atom is -0.313 e. The molecule has 1 aliphatic carbocycles. The van der Waals surface area contributed by atoms with E-state index in [0.29, 0.717) is 11.6 Å². The lowest BCUT2D eigenvalue weighted by molar-refractivity contribution is 0.314. The molecule has 0 N–H and O–H groups in total. The molecule has 0 amide bonds. The van der Waals surface area contributed by atoms with E-state index in [1.165, 1.54) is 24.8 Å². The zero-order chi connectivity index (χ0) is 18.8. The summed E-state index contributed by atoms with van der Waals surface area (Å²) in [6.07, 6.45) is 13.3. The Labute approximate surface area is 163 Å². The second-order valence-electron chi connectivity index (χ2n) is 7.27. The predicted molar refractivity (Wildman–Crippen MR) is 107 cm³/mol. The Bertz CT molecular complexity index is 1000. The lowest BCUT2D eigenvalue weighted by Crippen LogP contribution is -2.19. The Balaban J connectivity index is 1.59. The SMILES string of the molecule is CCCn1cc(-n2cc(-c3ncc(CC4CCC4)cc3Cl)cn2)ccc1=O. The molecule has 0 aromatic carbocycles. The van der Waals surface area contributed by atoms with Gasteiger partial charge in [0.2, 0.25) is 0 Å². The van der Waals surface area contributed by atoms with Gasteiger partial charge >= 0.3 is 0 Å². The van der Waals surface area contributed by atoms with Crippen molar-refractivity contribution in [1.29, 1.82) is 0 Å². The first kappa shape index (κ1) is 18.0. The van der Waals surface area contributed by atoms with E-state index in [9.17, 15) is 4.79 Å². The molecule has 1 saturated carbocycles. The molecule has 0 spiro atoms. The summed E-state index contributed by atoms with van der Waals surface area (Å²) in [5, 5.41) is 5.09. The van der Waals surface area contributed by atoms with Crippen molar-refractivity contribution in [2.24, 2.45) is 5.92 Å². The van der Waals surface area contributed by atoms with Crippen molar-refractivity contribution in [3.8, 4) is 16.9 Å². The van der Waals surface area contributed by atoms with Crippen molar-refractivity contribution in [3.63, 3.8) is 0 Å². The molecule has 4 rings (SSSR count). The molecular weight excluding hydrogens is 360 g/mol. The molecule has 0 aliphatic heterocycles. The van der Waals surface area contributed by atoms with Crippen LogP contribution < -0.4 is 5.56 Å². The molecule has 0 bridgehead atoms. The highest BCUT2D eigenvalue weighted by Gasteiger charge is 2.18. The second kappa shape index (κ2) is 7.69. The van der Waals surface area contributed by atoms with E-state index in [2.05, 4.69) is 10.1 Å². The standard InChI is InChI=1S/C21H23ClN4O/c1-2-8-25-14-18(6-7-20(25)27)26-13-17(12-24-26)21-19(22)10-16(11-23-21)9-15-4-3-5-15/h6-7,10-15H,2-5,8-9H2,1H3. The highest BCUT2D eigenvalue weighted by Crippen LogP contribution is 2.32. The summed E-state index contributed by atoms with van der Waals surface area (Å²) in [6, 6.07) is 5.38. The zero-order valence-corrected chi connectivity index (χ0v) is 16.2. The normalized spacial score (nSPS) is 14.3. The quantitative estimate of drug-likeness (QED) is 0.630. The largest absolute Gasteiger partial charge is 0.313 e. The van der Waals surface area contributed by atoms with Crippen LogP contribution in [0.15, 0.2) is 47.8 Å². The van der Waals surface area contributed by atoms with E-state index in [-0.39, 0.29) is 5.56 Å². The van der Waals surface area contributed by atoms with Crippen molar-refractivity contribution in [2.75, 3.05) is 0 Å². The Hall–Kier alpha value is -2.40. The topological polar surface area (TPSA) is 52.7 Å². The first-order valence-electron chi connectivity index (χ1n) is 9.54. The Morgan fingerprint density at radius 1 is 1.22 bits per heavy atom. The van der Waals surface area contributed by atoms with Crippen LogP contribution in [0.4, 0.5) is 0 Å². The van der Waals surface area contributed by atoms with E-state index in [0.717, 1.165) is 35.7 Å². The maximum atomic E-state index is 11.9. The fourth-order valence-electron chi connectivity index (χ4n) is 3.49. The van der Waals surface area contributed by atoms with Gasteiger partial charge in [-0.25, -0.2) is 4.68 Å². The molecule has 0 radical (unpaired) electrons. The molecule has 1 aliphatic rings. The lowest BCUT2D eigenvalue weighted by atomic mass is 9.81. The van der Waals surface area contributed by atoms with Gasteiger partial charge in [0, 0.05) is 36.8 Å². The molecule has 3 aromatic rings. The van der Waals surface area contributed by atoms with Gasteiger partial charge in [0.15, 0.2) is 0 Å². The Morgan fingerprint density at radius 2 is 2.07 bits per heavy atom. The number of halogens is 1. The molecular formula is C21H23ClN4O. The van der Waals surface area contributed by atoms with Crippen LogP contribution in [-0.4, -0.2) is 19.3 Å². The Morgan fingerprint density at radius 3 is 2.78 bits per heavy atom. The number of hydrogen-bond acceptors (Lipinski definition) is 3. The van der Waals surface area contributed by atoms with Crippen LogP contribution in [0.2, 0.25) is 5.02 Å². The van der Waals surface area contributed by atoms with Gasteiger partial charge in [-0.1, -0.05) is 37.8 Å². The molecule has 140 valence electrons. The smallest absolute Gasteiger partial charge is 0.250 e. The van der Waals surface area contributed by atoms with Gasteiger partial charge in [0.25, 0.3) is 5.56 Å². The maximum Gasteiger partial charge on any atom is 0.250 e. The van der Waals surface area contributed by atoms with Crippen LogP contribution in [0, 0.1) is 5.92 Å². The molecule has 3 heterocycles. The number of hydrogen-bond donors (Lipinski definition) is 0. The van der Waals surface area contributed by atoms with Crippen molar-refractivity contribution < 1.29 is 0 Å². The zero-order valence-electron chi connectivity index (χ0n) is 15.4. The Kier molecular flexibility index (Phi) is 5.12. The van der Waals surface area contributed by atoms with Gasteiger partial charge in [0.05, 0.1) is 22.6 Å². The number of rotatable bonds is 6. The predicted octanol–water partition coefficient (Wildman–Crippen LogP) is 4.50. The van der Waals surface area contributed by atoms with Gasteiger partial charge in [-0.2, -0.15) is 5.10 Å². The molecule has 27 heavy (non-hydrogen) atoms. The summed E-state index contributed by atoms with van der Waals surface area (Å²) >= 11 is 6.51. The molecule has 6 heteroatoms. The third-order valence-electron chi connectivity index (χ3n) is 5.20. The van der Waals surface area contributed by atoms with E-state index in [1.807, 2.05) is 31.6 Å². The van der Waals surface area contributed by atoms with E-state index in [1.54, 1.807) is 27.6 Å². The maximum absolute atomic E-state index is 11.9. The lowest BCUT2D eigenvalue weighted by Gasteiger charge is -2.25. The van der Waals surface area contributed by atoms with Gasteiger partial charge in [-0.05, 0) is 36.5 Å². The summed E-state index contributed by atoms with van der Waals surface area (Å²) in [4.78, 5) is 16.5. The minimum atomic E-state index is -0.000239. The van der Waals surface area contributed by atoms with E-state index in [4.69, 9.17) is 11.6 Å². The molecule has 0 atom stereocenters. The molecule has 5 nitrogen and oxygen atoms in total. The summed E-state index contributed by atoms with van der Waals surface area (Å²) in [5.41, 5.74) is 3.64. The summed E-state index contributed by atoms with van der Waals surface area (Å²) in [7, 11) is 0. The second-order valence-corrected chi connectivity index (χ2v) is 7.67. The van der Waals surface area contributed by atoms with Crippen LogP contribution >= 0.6 is 11.6 Å². The van der Waals surface area contributed by atoms with Crippen molar-refractivity contribution in [1.82, 2.24) is 19.3 Å². The van der Waals surface area contributed by atoms with Crippen LogP contribution in [0.3, 0.4) is 0 Å². The van der Waals surface area contributed by atoms with Crippen LogP contribution in [0.5, 0.6) is 0 Å². The van der Waals surface area contributed by atoms with Gasteiger partial charge < -0.3 is 4.57 Å². The third kappa shape index (κ3) is 3.83.